The quantitative estimate of drug-likeness (QED) is 0.436. The number of hydrogen-bond acceptors (Lipinski definition) is 0. The Hall–Kier alpha value is 0.282. The Labute approximate surface area is 166 Å². The Kier molecular flexibility index (Phi) is 6.92. The molecular formula is C24H43BSi. The van der Waals surface area contributed by atoms with Gasteiger partial charge in [-0.3, -0.25) is 0 Å². The third-order valence-electron chi connectivity index (χ3n) is 9.36. The molecular weight excluding hydrogens is 327 g/mol. The van der Waals surface area contributed by atoms with E-state index < -0.39 is 8.07 Å². The minimum Gasteiger partial charge on any atom is -0.0774 e. The fourth-order valence-electron chi connectivity index (χ4n) is 8.49. The second-order valence-corrected chi connectivity index (χ2v) is 15.9. The van der Waals surface area contributed by atoms with Gasteiger partial charge in [-0.25, -0.2) is 0 Å². The van der Waals surface area contributed by atoms with Crippen LogP contribution in [0.3, 0.4) is 0 Å². The van der Waals surface area contributed by atoms with E-state index >= 15 is 0 Å². The van der Waals surface area contributed by atoms with Crippen LogP contribution in [0.4, 0.5) is 0 Å². The van der Waals surface area contributed by atoms with Gasteiger partial charge in [-0.2, -0.15) is 0 Å². The molecule has 4 rings (SSSR count). The molecule has 26 heavy (non-hydrogen) atoms. The summed E-state index contributed by atoms with van der Waals surface area (Å²) in [6.07, 6.45) is 29.4. The lowest BCUT2D eigenvalue weighted by Crippen LogP contribution is -2.55. The first kappa shape index (κ1) is 19.6. The zero-order valence-electron chi connectivity index (χ0n) is 17.4. The first-order chi connectivity index (χ1) is 12.8. The lowest BCUT2D eigenvalue weighted by atomic mass is 9.75. The Bertz CT molecular complexity index is 372. The molecule has 2 unspecified atom stereocenters. The topological polar surface area (TPSA) is 0 Å². The zero-order valence-corrected chi connectivity index (χ0v) is 18.4. The van der Waals surface area contributed by atoms with Crippen LogP contribution in [0.1, 0.15) is 122 Å². The monoisotopic (exact) mass is 370 g/mol. The molecule has 0 amide bonds. The van der Waals surface area contributed by atoms with Gasteiger partial charge in [-0.15, -0.1) is 0 Å². The molecule has 0 aromatic rings. The van der Waals surface area contributed by atoms with Crippen molar-refractivity contribution in [1.29, 1.82) is 0 Å². The highest BCUT2D eigenvalue weighted by atomic mass is 28.3. The van der Waals surface area contributed by atoms with E-state index in [2.05, 4.69) is 0 Å². The second-order valence-electron chi connectivity index (χ2n) is 10.6. The second kappa shape index (κ2) is 9.19. The maximum Gasteiger partial charge on any atom is 0.0699 e. The van der Waals surface area contributed by atoms with E-state index in [9.17, 15) is 0 Å². The van der Waals surface area contributed by atoms with Crippen LogP contribution in [0.2, 0.25) is 28.0 Å². The van der Waals surface area contributed by atoms with E-state index in [1.165, 1.54) is 55.1 Å². The standard InChI is InChI=1S/C24H43BSi/c25-20-11-10-18-24(19-20)26(21-12-4-1-5-13-21,22-14-6-2-7-15-22)23-16-8-3-9-17-23/h20-24H,1-19H2. The predicted octanol–water partition coefficient (Wildman–Crippen LogP) is 8.34. The van der Waals surface area contributed by atoms with E-state index in [4.69, 9.17) is 7.85 Å². The highest BCUT2D eigenvalue weighted by molar-refractivity contribution is 6.85. The molecule has 0 heterocycles. The van der Waals surface area contributed by atoms with Crippen molar-refractivity contribution in [2.45, 2.75) is 150 Å². The summed E-state index contributed by atoms with van der Waals surface area (Å²) in [6.45, 7) is 0. The van der Waals surface area contributed by atoms with Crippen LogP contribution < -0.4 is 0 Å². The van der Waals surface area contributed by atoms with Crippen molar-refractivity contribution < 1.29 is 0 Å². The van der Waals surface area contributed by atoms with Crippen LogP contribution in [-0.2, 0) is 0 Å². The fourth-order valence-corrected chi connectivity index (χ4v) is 18.1. The minimum absolute atomic E-state index is 0.538. The van der Waals surface area contributed by atoms with Crippen LogP contribution >= 0.6 is 0 Å². The van der Waals surface area contributed by atoms with Crippen molar-refractivity contribution in [2.75, 3.05) is 0 Å². The molecule has 146 valence electrons. The summed E-state index contributed by atoms with van der Waals surface area (Å²) in [6, 6.07) is 0. The smallest absolute Gasteiger partial charge is 0.0699 e. The average molecular weight is 371 g/mol. The molecule has 0 bridgehead atoms. The highest BCUT2D eigenvalue weighted by Gasteiger charge is 2.56. The molecule has 2 radical (unpaired) electrons. The Morgan fingerprint density at radius 2 is 0.808 bits per heavy atom. The molecule has 0 aliphatic heterocycles. The lowest BCUT2D eigenvalue weighted by molar-refractivity contribution is 0.382. The van der Waals surface area contributed by atoms with E-state index in [-0.39, 0.29) is 0 Å². The Balaban J connectivity index is 1.71. The van der Waals surface area contributed by atoms with Gasteiger partial charge < -0.3 is 0 Å². The van der Waals surface area contributed by atoms with Gasteiger partial charge in [0.2, 0.25) is 0 Å². The summed E-state index contributed by atoms with van der Waals surface area (Å²) < 4.78 is 0. The normalized spacial score (nSPS) is 34.0. The van der Waals surface area contributed by atoms with Crippen molar-refractivity contribution in [3.8, 4) is 0 Å². The van der Waals surface area contributed by atoms with Crippen LogP contribution in [0, 0.1) is 0 Å². The van der Waals surface area contributed by atoms with Crippen LogP contribution in [0.5, 0.6) is 0 Å². The van der Waals surface area contributed by atoms with Crippen molar-refractivity contribution in [3.63, 3.8) is 0 Å². The molecule has 4 saturated carbocycles. The molecule has 0 aromatic carbocycles. The van der Waals surface area contributed by atoms with Crippen LogP contribution in [0.25, 0.3) is 0 Å². The molecule has 0 spiro atoms. The fraction of sp³-hybridized carbons (Fsp3) is 1.00. The molecule has 0 nitrogen and oxygen atoms in total. The van der Waals surface area contributed by atoms with E-state index in [1.54, 1.807) is 83.5 Å². The van der Waals surface area contributed by atoms with E-state index in [0.717, 1.165) is 5.54 Å². The SMILES string of the molecule is [B]C1CCCC([Si](C2CCCCC2)(C2CCCCC2)C2CCCCC2)C1. The summed E-state index contributed by atoms with van der Waals surface area (Å²) in [5.41, 5.74) is 4.63. The zero-order chi connectivity index (χ0) is 17.8. The molecule has 0 N–H and O–H groups in total. The number of hydrogen-bond donors (Lipinski definition) is 0. The molecule has 0 aromatic heterocycles. The molecule has 4 fully saturated rings. The van der Waals surface area contributed by atoms with Crippen molar-refractivity contribution in [2.24, 2.45) is 0 Å². The van der Waals surface area contributed by atoms with Gasteiger partial charge in [-0.05, 0) is 22.2 Å². The van der Waals surface area contributed by atoms with Crippen LogP contribution in [-0.4, -0.2) is 15.9 Å². The Morgan fingerprint density at radius 3 is 1.19 bits per heavy atom. The van der Waals surface area contributed by atoms with Crippen molar-refractivity contribution in [3.05, 3.63) is 0 Å². The summed E-state index contributed by atoms with van der Waals surface area (Å²) in [5, 5.41) is 0. The first-order valence-electron chi connectivity index (χ1n) is 12.6. The molecule has 0 saturated heterocycles. The van der Waals surface area contributed by atoms with Crippen molar-refractivity contribution >= 4 is 15.9 Å². The van der Waals surface area contributed by atoms with Gasteiger partial charge in [0.1, 0.15) is 0 Å². The summed E-state index contributed by atoms with van der Waals surface area (Å²) >= 11 is 0. The number of rotatable bonds is 4. The summed E-state index contributed by atoms with van der Waals surface area (Å²) in [7, 11) is 5.32. The molecule has 2 atom stereocenters. The highest BCUT2D eigenvalue weighted by Crippen LogP contribution is 2.64. The predicted molar refractivity (Wildman–Crippen MR) is 118 cm³/mol. The maximum absolute atomic E-state index is 6.63. The van der Waals surface area contributed by atoms with Gasteiger partial charge in [0.25, 0.3) is 0 Å². The molecule has 4 aliphatic carbocycles. The van der Waals surface area contributed by atoms with E-state index in [1.807, 2.05) is 0 Å². The maximum atomic E-state index is 6.63. The molecule has 4 aliphatic rings. The van der Waals surface area contributed by atoms with Crippen molar-refractivity contribution in [1.82, 2.24) is 0 Å². The van der Waals surface area contributed by atoms with Gasteiger partial charge in [-0.1, -0.05) is 128 Å². The van der Waals surface area contributed by atoms with E-state index in [0.29, 0.717) is 5.82 Å². The lowest BCUT2D eigenvalue weighted by Gasteiger charge is -2.58. The third-order valence-corrected chi connectivity index (χ3v) is 17.3. The van der Waals surface area contributed by atoms with Gasteiger partial charge in [0, 0.05) is 0 Å². The average Bonchev–Trinajstić information content (AvgIpc) is 2.71. The van der Waals surface area contributed by atoms with Gasteiger partial charge >= 0.3 is 0 Å². The third kappa shape index (κ3) is 3.87. The Morgan fingerprint density at radius 1 is 0.423 bits per heavy atom. The molecule has 2 heteroatoms. The van der Waals surface area contributed by atoms with Gasteiger partial charge in [0.05, 0.1) is 15.9 Å². The largest absolute Gasteiger partial charge is 0.0774 e. The summed E-state index contributed by atoms with van der Waals surface area (Å²) in [5.74, 6) is 0.538. The first-order valence-corrected chi connectivity index (χ1v) is 14.9. The minimum atomic E-state index is -1.31. The summed E-state index contributed by atoms with van der Waals surface area (Å²) in [4.78, 5) is 0. The van der Waals surface area contributed by atoms with Gasteiger partial charge in [0.15, 0.2) is 0 Å². The van der Waals surface area contributed by atoms with Crippen LogP contribution in [0.15, 0.2) is 0 Å².